The second-order valence-corrected chi connectivity index (χ2v) is 4.30. The smallest absolute Gasteiger partial charge is 0.317 e. The minimum Gasteiger partial charge on any atom is -0.468 e. The molecular formula is C10H12BrNO2. The van der Waals surface area contributed by atoms with Crippen molar-refractivity contribution < 1.29 is 9.53 Å². The standard InChI is InChI=1S/C10H12BrNO2/c1-10(2,9(13)14-3)8-7(11)5-4-6-12-8/h4-6H,1-3H3. The molecule has 0 aliphatic carbocycles. The fraction of sp³-hybridized carbons (Fsp3) is 0.400. The van der Waals surface area contributed by atoms with Gasteiger partial charge in [0.15, 0.2) is 0 Å². The number of carbonyl (C=O) groups excluding carboxylic acids is 1. The highest BCUT2D eigenvalue weighted by atomic mass is 79.9. The summed E-state index contributed by atoms with van der Waals surface area (Å²) in [6.07, 6.45) is 1.66. The molecule has 1 aromatic rings. The molecule has 0 N–H and O–H groups in total. The molecule has 0 bridgehead atoms. The number of esters is 1. The van der Waals surface area contributed by atoms with E-state index in [0.29, 0.717) is 5.69 Å². The van der Waals surface area contributed by atoms with Gasteiger partial charge >= 0.3 is 5.97 Å². The van der Waals surface area contributed by atoms with Gasteiger partial charge in [0.25, 0.3) is 0 Å². The minimum atomic E-state index is -0.727. The van der Waals surface area contributed by atoms with Crippen LogP contribution in [0.2, 0.25) is 0 Å². The molecule has 0 saturated heterocycles. The lowest BCUT2D eigenvalue weighted by Gasteiger charge is -2.21. The maximum Gasteiger partial charge on any atom is 0.317 e. The number of hydrogen-bond acceptors (Lipinski definition) is 3. The highest BCUT2D eigenvalue weighted by Crippen LogP contribution is 2.28. The third kappa shape index (κ3) is 1.95. The van der Waals surface area contributed by atoms with Gasteiger partial charge in [-0.25, -0.2) is 0 Å². The number of ether oxygens (including phenoxy) is 1. The summed E-state index contributed by atoms with van der Waals surface area (Å²) < 4.78 is 5.54. The average molecular weight is 258 g/mol. The molecular weight excluding hydrogens is 246 g/mol. The summed E-state index contributed by atoms with van der Waals surface area (Å²) in [7, 11) is 1.38. The summed E-state index contributed by atoms with van der Waals surface area (Å²) in [4.78, 5) is 15.7. The number of methoxy groups -OCH3 is 1. The van der Waals surface area contributed by atoms with Gasteiger partial charge in [-0.15, -0.1) is 0 Å². The topological polar surface area (TPSA) is 39.2 Å². The van der Waals surface area contributed by atoms with Crippen molar-refractivity contribution in [1.82, 2.24) is 4.98 Å². The van der Waals surface area contributed by atoms with Crippen LogP contribution in [-0.2, 0) is 14.9 Å². The summed E-state index contributed by atoms with van der Waals surface area (Å²) >= 11 is 3.36. The Morgan fingerprint density at radius 3 is 2.71 bits per heavy atom. The summed E-state index contributed by atoms with van der Waals surface area (Å²) in [6.45, 7) is 3.57. The molecule has 0 aromatic carbocycles. The Balaban J connectivity index is 3.16. The lowest BCUT2D eigenvalue weighted by atomic mass is 9.89. The van der Waals surface area contributed by atoms with E-state index < -0.39 is 5.41 Å². The van der Waals surface area contributed by atoms with E-state index in [2.05, 4.69) is 20.9 Å². The van der Waals surface area contributed by atoms with E-state index in [9.17, 15) is 4.79 Å². The molecule has 3 nitrogen and oxygen atoms in total. The maximum absolute atomic E-state index is 11.5. The van der Waals surface area contributed by atoms with Gasteiger partial charge in [-0.1, -0.05) is 0 Å². The fourth-order valence-electron chi connectivity index (χ4n) is 1.20. The van der Waals surface area contributed by atoms with E-state index in [1.54, 1.807) is 26.1 Å². The Labute approximate surface area is 91.6 Å². The van der Waals surface area contributed by atoms with Gasteiger partial charge in [-0.05, 0) is 41.9 Å². The molecule has 0 aliphatic heterocycles. The lowest BCUT2D eigenvalue weighted by molar-refractivity contribution is -0.146. The van der Waals surface area contributed by atoms with Crippen LogP contribution in [-0.4, -0.2) is 18.1 Å². The molecule has 1 heterocycles. The number of rotatable bonds is 2. The molecule has 76 valence electrons. The van der Waals surface area contributed by atoms with Crippen LogP contribution in [0.3, 0.4) is 0 Å². The quantitative estimate of drug-likeness (QED) is 0.764. The first-order chi connectivity index (χ1) is 6.50. The Kier molecular flexibility index (Phi) is 3.26. The van der Waals surface area contributed by atoms with Gasteiger partial charge in [0.1, 0.15) is 5.41 Å². The molecule has 1 aromatic heterocycles. The van der Waals surface area contributed by atoms with Crippen LogP contribution in [0.4, 0.5) is 0 Å². The number of hydrogen-bond donors (Lipinski definition) is 0. The molecule has 0 amide bonds. The summed E-state index contributed by atoms with van der Waals surface area (Å²) in [5.41, 5.74) is -0.0404. The van der Waals surface area contributed by atoms with Crippen molar-refractivity contribution >= 4 is 21.9 Å². The van der Waals surface area contributed by atoms with E-state index in [1.165, 1.54) is 7.11 Å². The van der Waals surface area contributed by atoms with Crippen molar-refractivity contribution in [2.45, 2.75) is 19.3 Å². The van der Waals surface area contributed by atoms with Crippen LogP contribution < -0.4 is 0 Å². The maximum atomic E-state index is 11.5. The van der Waals surface area contributed by atoms with E-state index in [1.807, 2.05) is 6.07 Å². The molecule has 0 unspecified atom stereocenters. The number of halogens is 1. The highest BCUT2D eigenvalue weighted by molar-refractivity contribution is 9.10. The van der Waals surface area contributed by atoms with E-state index >= 15 is 0 Å². The SMILES string of the molecule is COC(=O)C(C)(C)c1ncccc1Br. The van der Waals surface area contributed by atoms with Crippen LogP contribution >= 0.6 is 15.9 Å². The molecule has 4 heteroatoms. The number of carbonyl (C=O) groups is 1. The van der Waals surface area contributed by atoms with Gasteiger partial charge < -0.3 is 4.74 Å². The Hall–Kier alpha value is -0.900. The van der Waals surface area contributed by atoms with Crippen molar-refractivity contribution in [2.75, 3.05) is 7.11 Å². The first kappa shape index (κ1) is 11.2. The predicted octanol–water partition coefficient (Wildman–Crippen LogP) is 2.29. The monoisotopic (exact) mass is 257 g/mol. The zero-order valence-electron chi connectivity index (χ0n) is 8.37. The first-order valence-electron chi connectivity index (χ1n) is 4.19. The fourth-order valence-corrected chi connectivity index (χ4v) is 1.95. The summed E-state index contributed by atoms with van der Waals surface area (Å²) in [5.74, 6) is -0.295. The number of aromatic nitrogens is 1. The first-order valence-corrected chi connectivity index (χ1v) is 4.99. The van der Waals surface area contributed by atoms with Crippen LogP contribution in [0.5, 0.6) is 0 Å². The molecule has 0 radical (unpaired) electrons. The van der Waals surface area contributed by atoms with Gasteiger partial charge in [0, 0.05) is 10.7 Å². The Morgan fingerprint density at radius 1 is 1.57 bits per heavy atom. The van der Waals surface area contributed by atoms with Gasteiger partial charge in [0.2, 0.25) is 0 Å². The second kappa shape index (κ2) is 4.09. The predicted molar refractivity (Wildman–Crippen MR) is 57.0 cm³/mol. The normalized spacial score (nSPS) is 11.1. The average Bonchev–Trinajstić information content (AvgIpc) is 2.17. The zero-order valence-corrected chi connectivity index (χ0v) is 9.96. The van der Waals surface area contributed by atoms with Crippen molar-refractivity contribution in [2.24, 2.45) is 0 Å². The van der Waals surface area contributed by atoms with Crippen LogP contribution in [0.25, 0.3) is 0 Å². The number of pyridine rings is 1. The molecule has 0 fully saturated rings. The molecule has 0 spiro atoms. The molecule has 1 rings (SSSR count). The van der Waals surface area contributed by atoms with Gasteiger partial charge in [0.05, 0.1) is 12.8 Å². The zero-order chi connectivity index (χ0) is 10.8. The second-order valence-electron chi connectivity index (χ2n) is 3.45. The molecule has 0 atom stereocenters. The van der Waals surface area contributed by atoms with E-state index in [4.69, 9.17) is 4.74 Å². The van der Waals surface area contributed by atoms with Crippen LogP contribution in [0.15, 0.2) is 22.8 Å². The van der Waals surface area contributed by atoms with Crippen molar-refractivity contribution in [3.63, 3.8) is 0 Å². The molecule has 0 saturated carbocycles. The van der Waals surface area contributed by atoms with E-state index in [0.717, 1.165) is 4.47 Å². The van der Waals surface area contributed by atoms with Gasteiger partial charge in [-0.2, -0.15) is 0 Å². The number of nitrogens with zero attached hydrogens (tertiary/aromatic N) is 1. The van der Waals surface area contributed by atoms with Crippen molar-refractivity contribution in [3.05, 3.63) is 28.5 Å². The lowest BCUT2D eigenvalue weighted by Crippen LogP contribution is -2.31. The van der Waals surface area contributed by atoms with Crippen LogP contribution in [0, 0.1) is 0 Å². The van der Waals surface area contributed by atoms with Gasteiger partial charge in [-0.3, -0.25) is 9.78 Å². The Bertz CT molecular complexity index is 350. The summed E-state index contributed by atoms with van der Waals surface area (Å²) in [6, 6.07) is 3.66. The van der Waals surface area contributed by atoms with Crippen molar-refractivity contribution in [1.29, 1.82) is 0 Å². The largest absolute Gasteiger partial charge is 0.468 e. The minimum absolute atomic E-state index is 0.295. The third-order valence-corrected chi connectivity index (χ3v) is 2.69. The highest BCUT2D eigenvalue weighted by Gasteiger charge is 2.33. The third-order valence-electron chi connectivity index (χ3n) is 2.05. The van der Waals surface area contributed by atoms with Crippen LogP contribution in [0.1, 0.15) is 19.5 Å². The molecule has 0 aliphatic rings. The molecule has 14 heavy (non-hydrogen) atoms. The Morgan fingerprint density at radius 2 is 2.21 bits per heavy atom. The van der Waals surface area contributed by atoms with E-state index in [-0.39, 0.29) is 5.97 Å². The summed E-state index contributed by atoms with van der Waals surface area (Å²) in [5, 5.41) is 0. The van der Waals surface area contributed by atoms with Crippen molar-refractivity contribution in [3.8, 4) is 0 Å².